The van der Waals surface area contributed by atoms with Crippen molar-refractivity contribution in [3.63, 3.8) is 0 Å². The summed E-state index contributed by atoms with van der Waals surface area (Å²) in [4.78, 5) is 21.4. The van der Waals surface area contributed by atoms with E-state index >= 15 is 0 Å². The molecule has 1 unspecified atom stereocenters. The predicted molar refractivity (Wildman–Crippen MR) is 97.3 cm³/mol. The van der Waals surface area contributed by atoms with E-state index in [2.05, 4.69) is 18.0 Å². The highest BCUT2D eigenvalue weighted by molar-refractivity contribution is 7.26. The van der Waals surface area contributed by atoms with Gasteiger partial charge in [-0.2, -0.15) is 0 Å². The zero-order valence-electron chi connectivity index (χ0n) is 13.0. The second-order valence-electron chi connectivity index (χ2n) is 5.99. The number of amides is 1. The molecule has 4 rings (SSSR count). The molecule has 0 bridgehead atoms. The molecule has 1 saturated heterocycles. The number of rotatable bonds is 2. The Morgan fingerprint density at radius 1 is 1.17 bits per heavy atom. The number of nitrogens with zero attached hydrogens (tertiary/aromatic N) is 2. The summed E-state index contributed by atoms with van der Waals surface area (Å²) in [6, 6.07) is 12.5. The number of thiophene rings is 1. The first-order chi connectivity index (χ1) is 11.2. The maximum atomic E-state index is 12.7. The molecule has 0 aliphatic carbocycles. The van der Waals surface area contributed by atoms with Crippen molar-refractivity contribution in [2.24, 2.45) is 0 Å². The Morgan fingerprint density at radius 2 is 2.04 bits per heavy atom. The van der Waals surface area contributed by atoms with Gasteiger partial charge < -0.3 is 4.90 Å². The average Bonchev–Trinajstić information content (AvgIpc) is 3.21. The van der Waals surface area contributed by atoms with Crippen LogP contribution < -0.4 is 0 Å². The lowest BCUT2D eigenvalue weighted by atomic mass is 10.0. The molecule has 0 saturated carbocycles. The largest absolute Gasteiger partial charge is 0.335 e. The normalized spacial score (nSPS) is 18.5. The van der Waals surface area contributed by atoms with Gasteiger partial charge in [-0.1, -0.05) is 12.1 Å². The van der Waals surface area contributed by atoms with E-state index in [1.807, 2.05) is 35.2 Å². The monoisotopic (exact) mass is 342 g/mol. The molecule has 0 spiro atoms. The van der Waals surface area contributed by atoms with E-state index in [1.54, 1.807) is 22.7 Å². The van der Waals surface area contributed by atoms with Gasteiger partial charge in [-0.25, -0.2) is 4.98 Å². The molecule has 2 aromatic heterocycles. The topological polar surface area (TPSA) is 33.2 Å². The van der Waals surface area contributed by atoms with Gasteiger partial charge >= 0.3 is 0 Å². The first-order valence-electron chi connectivity index (χ1n) is 7.99. The van der Waals surface area contributed by atoms with Crippen molar-refractivity contribution in [1.29, 1.82) is 0 Å². The molecular formula is C18H18N2OS2. The summed E-state index contributed by atoms with van der Waals surface area (Å²) in [6.07, 6.45) is 3.46. The number of fused-ring (bicyclic) bond motifs is 1. The first-order valence-corrected chi connectivity index (χ1v) is 9.62. The number of piperidine rings is 1. The van der Waals surface area contributed by atoms with Crippen LogP contribution in [0.25, 0.3) is 20.1 Å². The fraction of sp³-hybridized carbons (Fsp3) is 0.333. The molecule has 0 N–H and O–H groups in total. The van der Waals surface area contributed by atoms with E-state index in [9.17, 15) is 4.79 Å². The Balaban J connectivity index is 1.62. The molecule has 118 valence electrons. The van der Waals surface area contributed by atoms with Gasteiger partial charge in [0, 0.05) is 12.6 Å². The third kappa shape index (κ3) is 2.79. The van der Waals surface area contributed by atoms with E-state index in [4.69, 9.17) is 0 Å². The molecule has 3 nitrogen and oxygen atoms in total. The van der Waals surface area contributed by atoms with Crippen LogP contribution in [0.4, 0.5) is 0 Å². The molecule has 23 heavy (non-hydrogen) atoms. The van der Waals surface area contributed by atoms with Crippen molar-refractivity contribution >= 4 is 38.8 Å². The van der Waals surface area contributed by atoms with Crippen molar-refractivity contribution in [3.8, 4) is 9.88 Å². The number of likely N-dealkylation sites (tertiary alicyclic amines) is 1. The number of carbonyl (C=O) groups excluding carboxylic acids is 1. The number of benzene rings is 1. The average molecular weight is 342 g/mol. The fourth-order valence-electron chi connectivity index (χ4n) is 3.09. The zero-order chi connectivity index (χ0) is 15.8. The number of para-hydroxylation sites is 1. The van der Waals surface area contributed by atoms with E-state index in [1.165, 1.54) is 11.1 Å². The van der Waals surface area contributed by atoms with Crippen LogP contribution in [-0.4, -0.2) is 28.4 Å². The van der Waals surface area contributed by atoms with Gasteiger partial charge in [-0.15, -0.1) is 22.7 Å². The quantitative estimate of drug-likeness (QED) is 0.654. The van der Waals surface area contributed by atoms with Crippen LogP contribution in [0, 0.1) is 0 Å². The van der Waals surface area contributed by atoms with E-state index < -0.39 is 0 Å². The Labute approximate surface area is 143 Å². The summed E-state index contributed by atoms with van der Waals surface area (Å²) in [5.41, 5.74) is 1.03. The highest BCUT2D eigenvalue weighted by Crippen LogP contribution is 2.35. The Morgan fingerprint density at radius 3 is 2.87 bits per heavy atom. The molecule has 0 radical (unpaired) electrons. The Bertz CT molecular complexity index is 818. The minimum Gasteiger partial charge on any atom is -0.335 e. The third-order valence-electron chi connectivity index (χ3n) is 4.39. The second-order valence-corrected chi connectivity index (χ2v) is 8.11. The summed E-state index contributed by atoms with van der Waals surface area (Å²) in [5.74, 6) is 0.176. The molecule has 1 aromatic carbocycles. The summed E-state index contributed by atoms with van der Waals surface area (Å²) in [6.45, 7) is 3.04. The molecule has 1 aliphatic heterocycles. The van der Waals surface area contributed by atoms with E-state index in [-0.39, 0.29) is 5.91 Å². The highest BCUT2D eigenvalue weighted by atomic mass is 32.1. The lowest BCUT2D eigenvalue weighted by Crippen LogP contribution is -2.41. The summed E-state index contributed by atoms with van der Waals surface area (Å²) in [7, 11) is 0. The SMILES string of the molecule is CC1CCCCN1C(=O)c1ccc(-c2nc3ccccc3s2)s1. The van der Waals surface area contributed by atoms with Gasteiger partial charge in [0.25, 0.3) is 5.91 Å². The van der Waals surface area contributed by atoms with Crippen molar-refractivity contribution in [2.45, 2.75) is 32.2 Å². The minimum absolute atomic E-state index is 0.176. The standard InChI is InChI=1S/C18H18N2OS2/c1-12-6-4-5-11-20(12)18(21)16-10-9-15(22-16)17-19-13-7-2-3-8-14(13)23-17/h2-3,7-10,12H,4-6,11H2,1H3. The molecule has 3 heterocycles. The smallest absolute Gasteiger partial charge is 0.264 e. The van der Waals surface area contributed by atoms with E-state index in [0.29, 0.717) is 6.04 Å². The number of carbonyl (C=O) groups is 1. The van der Waals surface area contributed by atoms with Crippen molar-refractivity contribution in [2.75, 3.05) is 6.54 Å². The summed E-state index contributed by atoms with van der Waals surface area (Å²) < 4.78 is 1.19. The number of hydrogen-bond donors (Lipinski definition) is 0. The van der Waals surface area contributed by atoms with Crippen molar-refractivity contribution in [1.82, 2.24) is 9.88 Å². The zero-order valence-corrected chi connectivity index (χ0v) is 14.6. The van der Waals surface area contributed by atoms with Crippen LogP contribution >= 0.6 is 22.7 Å². The van der Waals surface area contributed by atoms with Crippen LogP contribution in [0.5, 0.6) is 0 Å². The Hall–Kier alpha value is -1.72. The maximum absolute atomic E-state index is 12.7. The van der Waals surface area contributed by atoms with Crippen LogP contribution in [0.1, 0.15) is 35.9 Å². The minimum atomic E-state index is 0.176. The fourth-order valence-corrected chi connectivity index (χ4v) is 5.07. The summed E-state index contributed by atoms with van der Waals surface area (Å²) >= 11 is 3.25. The van der Waals surface area contributed by atoms with Gasteiger partial charge in [0.2, 0.25) is 0 Å². The van der Waals surface area contributed by atoms with Crippen LogP contribution in [0.15, 0.2) is 36.4 Å². The van der Waals surface area contributed by atoms with Crippen LogP contribution in [0.2, 0.25) is 0 Å². The maximum Gasteiger partial charge on any atom is 0.264 e. The van der Waals surface area contributed by atoms with Gasteiger partial charge in [-0.3, -0.25) is 4.79 Å². The molecule has 5 heteroatoms. The molecule has 1 atom stereocenters. The number of aromatic nitrogens is 1. The van der Waals surface area contributed by atoms with Crippen LogP contribution in [0.3, 0.4) is 0 Å². The van der Waals surface area contributed by atoms with E-state index in [0.717, 1.165) is 39.7 Å². The predicted octanol–water partition coefficient (Wildman–Crippen LogP) is 5.04. The van der Waals surface area contributed by atoms with Gasteiger partial charge in [0.1, 0.15) is 5.01 Å². The summed E-state index contributed by atoms with van der Waals surface area (Å²) in [5, 5.41) is 1.00. The number of thiazole rings is 1. The van der Waals surface area contributed by atoms with Crippen molar-refractivity contribution < 1.29 is 4.79 Å². The molecule has 1 aliphatic rings. The third-order valence-corrected chi connectivity index (χ3v) is 6.66. The Kier molecular flexibility index (Phi) is 3.91. The van der Waals surface area contributed by atoms with Crippen LogP contribution in [-0.2, 0) is 0 Å². The molecule has 3 aromatic rings. The van der Waals surface area contributed by atoms with Gasteiger partial charge in [0.05, 0.1) is 20.0 Å². The second kappa shape index (κ2) is 6.06. The molecular weight excluding hydrogens is 324 g/mol. The molecule has 1 amide bonds. The van der Waals surface area contributed by atoms with Gasteiger partial charge in [0.15, 0.2) is 0 Å². The van der Waals surface area contributed by atoms with Crippen molar-refractivity contribution in [3.05, 3.63) is 41.3 Å². The van der Waals surface area contributed by atoms with Gasteiger partial charge in [-0.05, 0) is 50.5 Å². The highest BCUT2D eigenvalue weighted by Gasteiger charge is 2.25. The number of hydrogen-bond acceptors (Lipinski definition) is 4. The lowest BCUT2D eigenvalue weighted by Gasteiger charge is -2.33. The molecule has 1 fully saturated rings. The lowest BCUT2D eigenvalue weighted by molar-refractivity contribution is 0.0640. The first kappa shape index (κ1) is 14.8.